The maximum atomic E-state index is 12.8. The number of hydrogen-bond donors (Lipinski definition) is 1. The largest absolute Gasteiger partial charge is 0.453 e. The lowest BCUT2D eigenvalue weighted by Gasteiger charge is -2.28. The van der Waals surface area contributed by atoms with Crippen molar-refractivity contribution in [1.29, 1.82) is 0 Å². The van der Waals surface area contributed by atoms with E-state index in [1.54, 1.807) is 42.1 Å². The first-order valence-electron chi connectivity index (χ1n) is 8.66. The molecule has 0 radical (unpaired) electrons. The standard InChI is InChI=1S/C19H17N3O5S/c1-21-10-4-6-13(21)17(25)20-15(23)11-27-18(26)19-9-8-16(24)22(19)12-5-2-3-7-14(12)28-19/h2-7,10H,8-9,11H2,1H3,(H,20,23,25)/t19-/m0/s1. The van der Waals surface area contributed by atoms with Crippen molar-refractivity contribution in [3.05, 3.63) is 48.3 Å². The van der Waals surface area contributed by atoms with E-state index in [2.05, 4.69) is 5.32 Å². The number of aromatic nitrogens is 1. The molecule has 144 valence electrons. The Bertz CT molecular complexity index is 1000. The van der Waals surface area contributed by atoms with Gasteiger partial charge in [0.05, 0.1) is 5.69 Å². The van der Waals surface area contributed by atoms with Gasteiger partial charge >= 0.3 is 5.97 Å². The Balaban J connectivity index is 1.43. The van der Waals surface area contributed by atoms with Crippen molar-refractivity contribution in [2.45, 2.75) is 22.6 Å². The highest BCUT2D eigenvalue weighted by Crippen LogP contribution is 2.56. The molecule has 2 aromatic rings. The second-order valence-electron chi connectivity index (χ2n) is 6.54. The first-order chi connectivity index (χ1) is 13.4. The molecule has 0 bridgehead atoms. The fraction of sp³-hybridized carbons (Fsp3) is 0.263. The number of carbonyl (C=O) groups excluding carboxylic acids is 4. The second-order valence-corrected chi connectivity index (χ2v) is 7.86. The van der Waals surface area contributed by atoms with Crippen molar-refractivity contribution < 1.29 is 23.9 Å². The summed E-state index contributed by atoms with van der Waals surface area (Å²) >= 11 is 1.26. The Morgan fingerprint density at radius 1 is 1.21 bits per heavy atom. The summed E-state index contributed by atoms with van der Waals surface area (Å²) in [6.07, 6.45) is 2.21. The Kier molecular flexibility index (Phi) is 4.46. The van der Waals surface area contributed by atoms with Crippen LogP contribution in [-0.4, -0.2) is 39.7 Å². The van der Waals surface area contributed by atoms with Crippen molar-refractivity contribution in [3.63, 3.8) is 0 Å². The van der Waals surface area contributed by atoms with Crippen LogP contribution in [0.25, 0.3) is 0 Å². The number of ether oxygens (including phenoxy) is 1. The lowest BCUT2D eigenvalue weighted by atomic mass is 10.2. The number of nitrogens with zero attached hydrogens (tertiary/aromatic N) is 2. The van der Waals surface area contributed by atoms with Crippen molar-refractivity contribution >= 4 is 41.1 Å². The van der Waals surface area contributed by atoms with Gasteiger partial charge in [-0.2, -0.15) is 0 Å². The van der Waals surface area contributed by atoms with Crippen LogP contribution in [0.1, 0.15) is 23.3 Å². The summed E-state index contributed by atoms with van der Waals surface area (Å²) < 4.78 is 6.77. The molecule has 1 atom stereocenters. The van der Waals surface area contributed by atoms with Gasteiger partial charge in [0.2, 0.25) is 5.91 Å². The third-order valence-corrected chi connectivity index (χ3v) is 6.21. The molecule has 9 heteroatoms. The number of carbonyl (C=O) groups is 4. The minimum atomic E-state index is -1.19. The topological polar surface area (TPSA) is 97.7 Å². The lowest BCUT2D eigenvalue weighted by Crippen LogP contribution is -2.48. The number of esters is 1. The monoisotopic (exact) mass is 399 g/mol. The number of para-hydroxylation sites is 1. The van der Waals surface area contributed by atoms with Crippen LogP contribution in [0.5, 0.6) is 0 Å². The Labute approximate surface area is 164 Å². The molecule has 0 saturated carbocycles. The minimum Gasteiger partial charge on any atom is -0.453 e. The average Bonchev–Trinajstić information content (AvgIpc) is 3.34. The molecular formula is C19H17N3O5S. The van der Waals surface area contributed by atoms with Gasteiger partial charge in [0, 0.05) is 31.0 Å². The zero-order valence-electron chi connectivity index (χ0n) is 15.0. The number of benzene rings is 1. The number of nitrogens with one attached hydrogen (secondary N) is 1. The van der Waals surface area contributed by atoms with Crippen molar-refractivity contribution in [2.75, 3.05) is 11.5 Å². The molecular weight excluding hydrogens is 382 g/mol. The van der Waals surface area contributed by atoms with E-state index in [1.165, 1.54) is 16.7 Å². The predicted octanol–water partition coefficient (Wildman–Crippen LogP) is 1.45. The van der Waals surface area contributed by atoms with E-state index in [0.29, 0.717) is 17.8 Å². The van der Waals surface area contributed by atoms with Crippen LogP contribution in [0.4, 0.5) is 5.69 Å². The van der Waals surface area contributed by atoms with Gasteiger partial charge in [0.15, 0.2) is 11.5 Å². The molecule has 1 N–H and O–H groups in total. The van der Waals surface area contributed by atoms with E-state index in [4.69, 9.17) is 4.74 Å². The van der Waals surface area contributed by atoms with Gasteiger partial charge in [-0.1, -0.05) is 23.9 Å². The molecule has 1 saturated heterocycles. The summed E-state index contributed by atoms with van der Waals surface area (Å²) in [5, 5.41) is 2.19. The molecule has 2 aliphatic rings. The van der Waals surface area contributed by atoms with E-state index in [9.17, 15) is 19.2 Å². The number of amides is 3. The summed E-state index contributed by atoms with van der Waals surface area (Å²) in [6, 6.07) is 10.5. The molecule has 4 rings (SSSR count). The van der Waals surface area contributed by atoms with Crippen LogP contribution < -0.4 is 10.2 Å². The van der Waals surface area contributed by atoms with Crippen molar-refractivity contribution in [2.24, 2.45) is 7.05 Å². The molecule has 1 fully saturated rings. The van der Waals surface area contributed by atoms with Gasteiger partial charge in [0.1, 0.15) is 5.69 Å². The zero-order valence-corrected chi connectivity index (χ0v) is 15.8. The third kappa shape index (κ3) is 2.88. The summed E-state index contributed by atoms with van der Waals surface area (Å²) in [4.78, 5) is 50.4. The molecule has 1 aromatic heterocycles. The second kappa shape index (κ2) is 6.83. The lowest BCUT2D eigenvalue weighted by molar-refractivity contribution is -0.150. The van der Waals surface area contributed by atoms with E-state index < -0.39 is 29.3 Å². The first-order valence-corrected chi connectivity index (χ1v) is 9.48. The number of rotatable bonds is 4. The van der Waals surface area contributed by atoms with Crippen molar-refractivity contribution in [3.8, 4) is 0 Å². The van der Waals surface area contributed by atoms with Crippen LogP contribution in [-0.2, 0) is 26.2 Å². The van der Waals surface area contributed by atoms with Crippen LogP contribution in [0.15, 0.2) is 47.5 Å². The quantitative estimate of drug-likeness (QED) is 0.782. The van der Waals surface area contributed by atoms with E-state index in [1.807, 2.05) is 12.1 Å². The predicted molar refractivity (Wildman–Crippen MR) is 101 cm³/mol. The van der Waals surface area contributed by atoms with Gasteiger partial charge in [-0.3, -0.25) is 24.6 Å². The van der Waals surface area contributed by atoms with Gasteiger partial charge in [-0.05, 0) is 24.3 Å². The highest BCUT2D eigenvalue weighted by molar-refractivity contribution is 8.02. The smallest absolute Gasteiger partial charge is 0.344 e. The fourth-order valence-electron chi connectivity index (χ4n) is 3.44. The van der Waals surface area contributed by atoms with Crippen molar-refractivity contribution in [1.82, 2.24) is 9.88 Å². The van der Waals surface area contributed by atoms with Gasteiger partial charge in [0.25, 0.3) is 11.8 Å². The summed E-state index contributed by atoms with van der Waals surface area (Å²) in [6.45, 7) is -0.602. The van der Waals surface area contributed by atoms with Gasteiger partial charge in [-0.25, -0.2) is 4.79 Å². The Hall–Kier alpha value is -3.07. The number of imide groups is 1. The molecule has 2 aliphatic heterocycles. The number of thioether (sulfide) groups is 1. The number of anilines is 1. The third-order valence-electron chi connectivity index (χ3n) is 4.76. The molecule has 8 nitrogen and oxygen atoms in total. The maximum absolute atomic E-state index is 12.8. The van der Waals surface area contributed by atoms with E-state index in [-0.39, 0.29) is 12.3 Å². The minimum absolute atomic E-state index is 0.155. The highest BCUT2D eigenvalue weighted by Gasteiger charge is 2.58. The normalized spacial score (nSPS) is 19.9. The summed E-state index contributed by atoms with van der Waals surface area (Å²) in [7, 11) is 1.68. The first kappa shape index (κ1) is 18.3. The molecule has 0 spiro atoms. The van der Waals surface area contributed by atoms with Crippen LogP contribution in [0.3, 0.4) is 0 Å². The molecule has 0 unspecified atom stereocenters. The van der Waals surface area contributed by atoms with E-state index >= 15 is 0 Å². The van der Waals surface area contributed by atoms with Gasteiger partial charge in [-0.15, -0.1) is 0 Å². The molecule has 0 aliphatic carbocycles. The Morgan fingerprint density at radius 2 is 2.00 bits per heavy atom. The summed E-state index contributed by atoms with van der Waals surface area (Å²) in [5.74, 6) is -2.13. The molecule has 3 amide bonds. The molecule has 28 heavy (non-hydrogen) atoms. The van der Waals surface area contributed by atoms with Crippen LogP contribution >= 0.6 is 11.8 Å². The molecule has 1 aromatic carbocycles. The number of fused-ring (bicyclic) bond motifs is 3. The SMILES string of the molecule is Cn1cccc1C(=O)NC(=O)COC(=O)[C@@]12CCC(=O)N1c1ccccc1S2. The average molecular weight is 399 g/mol. The van der Waals surface area contributed by atoms with Gasteiger partial charge < -0.3 is 9.30 Å². The van der Waals surface area contributed by atoms with Crippen LogP contribution in [0.2, 0.25) is 0 Å². The number of hydrogen-bond acceptors (Lipinski definition) is 6. The zero-order chi connectivity index (χ0) is 19.9. The fourth-order valence-corrected chi connectivity index (χ4v) is 4.85. The maximum Gasteiger partial charge on any atom is 0.344 e. The number of aryl methyl sites for hydroxylation is 1. The summed E-state index contributed by atoms with van der Waals surface area (Å²) in [5.41, 5.74) is 0.989. The molecule has 3 heterocycles. The Morgan fingerprint density at radius 3 is 2.75 bits per heavy atom. The highest BCUT2D eigenvalue weighted by atomic mass is 32.2. The van der Waals surface area contributed by atoms with E-state index in [0.717, 1.165) is 4.90 Å². The van der Waals surface area contributed by atoms with Crippen LogP contribution in [0, 0.1) is 0 Å².